The van der Waals surface area contributed by atoms with Crippen LogP contribution in [0.5, 0.6) is 11.5 Å². The molecule has 18 heavy (non-hydrogen) atoms. The van der Waals surface area contributed by atoms with E-state index in [9.17, 15) is 4.79 Å². The van der Waals surface area contributed by atoms with Crippen molar-refractivity contribution in [1.29, 1.82) is 0 Å². The van der Waals surface area contributed by atoms with Crippen LogP contribution in [-0.4, -0.2) is 26.7 Å². The van der Waals surface area contributed by atoms with Crippen molar-refractivity contribution in [2.75, 3.05) is 20.8 Å². The SMILES string of the molecule is CCCCNNC(=O)c1ccc(OC)c(OC)c1. The Morgan fingerprint density at radius 1 is 1.22 bits per heavy atom. The lowest BCUT2D eigenvalue weighted by Gasteiger charge is -2.10. The van der Waals surface area contributed by atoms with Gasteiger partial charge in [-0.1, -0.05) is 13.3 Å². The fraction of sp³-hybridized carbons (Fsp3) is 0.462. The van der Waals surface area contributed by atoms with Crippen molar-refractivity contribution in [1.82, 2.24) is 10.9 Å². The van der Waals surface area contributed by atoms with E-state index >= 15 is 0 Å². The fourth-order valence-corrected chi connectivity index (χ4v) is 1.46. The van der Waals surface area contributed by atoms with Gasteiger partial charge in [-0.15, -0.1) is 0 Å². The number of ether oxygens (including phenoxy) is 2. The van der Waals surface area contributed by atoms with E-state index in [2.05, 4.69) is 17.8 Å². The molecule has 0 radical (unpaired) electrons. The Hall–Kier alpha value is -1.75. The van der Waals surface area contributed by atoms with Crippen LogP contribution in [0.2, 0.25) is 0 Å². The highest BCUT2D eigenvalue weighted by Gasteiger charge is 2.09. The Bertz CT molecular complexity index is 394. The Kier molecular flexibility index (Phi) is 6.00. The molecule has 0 fully saturated rings. The number of nitrogens with one attached hydrogen (secondary N) is 2. The second kappa shape index (κ2) is 7.55. The number of carbonyl (C=O) groups is 1. The summed E-state index contributed by atoms with van der Waals surface area (Å²) in [7, 11) is 3.10. The predicted molar refractivity (Wildman–Crippen MR) is 69.9 cm³/mol. The zero-order chi connectivity index (χ0) is 13.4. The monoisotopic (exact) mass is 252 g/mol. The molecule has 1 aromatic carbocycles. The number of unbranched alkanes of at least 4 members (excludes halogenated alkanes) is 1. The molecule has 0 aliphatic heterocycles. The van der Waals surface area contributed by atoms with Crippen LogP contribution in [0.3, 0.4) is 0 Å². The molecule has 0 heterocycles. The van der Waals surface area contributed by atoms with Crippen LogP contribution >= 0.6 is 0 Å². The minimum absolute atomic E-state index is 0.188. The second-order valence-corrected chi connectivity index (χ2v) is 3.80. The summed E-state index contributed by atoms with van der Waals surface area (Å²) in [6.07, 6.45) is 2.10. The number of benzene rings is 1. The van der Waals surface area contributed by atoms with Crippen LogP contribution < -0.4 is 20.3 Å². The molecule has 100 valence electrons. The maximum atomic E-state index is 11.8. The van der Waals surface area contributed by atoms with Gasteiger partial charge in [-0.05, 0) is 24.6 Å². The molecule has 0 saturated heterocycles. The molecule has 0 saturated carbocycles. The molecule has 2 N–H and O–H groups in total. The zero-order valence-corrected chi connectivity index (χ0v) is 11.1. The molecule has 1 amide bonds. The standard InChI is InChI=1S/C13H20N2O3/c1-4-5-8-14-15-13(16)10-6-7-11(17-2)12(9-10)18-3/h6-7,9,14H,4-5,8H2,1-3H3,(H,15,16). The van der Waals surface area contributed by atoms with Gasteiger partial charge in [-0.25, -0.2) is 5.43 Å². The molecular formula is C13H20N2O3. The van der Waals surface area contributed by atoms with Gasteiger partial charge in [0.25, 0.3) is 5.91 Å². The van der Waals surface area contributed by atoms with Crippen LogP contribution in [-0.2, 0) is 0 Å². The summed E-state index contributed by atoms with van der Waals surface area (Å²) in [5.41, 5.74) is 6.04. The third kappa shape index (κ3) is 3.92. The van der Waals surface area contributed by atoms with E-state index in [1.165, 1.54) is 0 Å². The summed E-state index contributed by atoms with van der Waals surface area (Å²) in [5, 5.41) is 0. The van der Waals surface area contributed by atoms with E-state index in [1.54, 1.807) is 32.4 Å². The molecule has 1 aromatic rings. The first-order chi connectivity index (χ1) is 8.72. The smallest absolute Gasteiger partial charge is 0.265 e. The molecule has 5 nitrogen and oxygen atoms in total. The first kappa shape index (κ1) is 14.3. The van der Waals surface area contributed by atoms with E-state index in [0.29, 0.717) is 17.1 Å². The predicted octanol–water partition coefficient (Wildman–Crippen LogP) is 1.74. The van der Waals surface area contributed by atoms with E-state index in [0.717, 1.165) is 19.4 Å². The average molecular weight is 252 g/mol. The number of hydrogen-bond acceptors (Lipinski definition) is 4. The van der Waals surface area contributed by atoms with Gasteiger partial charge in [-0.2, -0.15) is 0 Å². The highest BCUT2D eigenvalue weighted by Crippen LogP contribution is 2.27. The number of methoxy groups -OCH3 is 2. The molecule has 0 unspecified atom stereocenters. The number of rotatable bonds is 7. The van der Waals surface area contributed by atoms with Crippen molar-refractivity contribution in [3.63, 3.8) is 0 Å². The minimum atomic E-state index is -0.188. The largest absolute Gasteiger partial charge is 0.493 e. The molecule has 5 heteroatoms. The van der Waals surface area contributed by atoms with Gasteiger partial charge in [0.15, 0.2) is 11.5 Å². The maximum Gasteiger partial charge on any atom is 0.265 e. The van der Waals surface area contributed by atoms with Crippen molar-refractivity contribution in [3.8, 4) is 11.5 Å². The third-order valence-corrected chi connectivity index (χ3v) is 2.50. The van der Waals surface area contributed by atoms with Crippen molar-refractivity contribution >= 4 is 5.91 Å². The molecule has 0 bridgehead atoms. The van der Waals surface area contributed by atoms with Gasteiger partial charge in [0.05, 0.1) is 14.2 Å². The molecule has 0 aliphatic rings. The quantitative estimate of drug-likeness (QED) is 0.573. The first-order valence-electron chi connectivity index (χ1n) is 5.98. The molecule has 1 rings (SSSR count). The minimum Gasteiger partial charge on any atom is -0.493 e. The molecule has 0 aromatic heterocycles. The maximum absolute atomic E-state index is 11.8. The van der Waals surface area contributed by atoms with Crippen molar-refractivity contribution in [3.05, 3.63) is 23.8 Å². The van der Waals surface area contributed by atoms with Crippen LogP contribution in [0.25, 0.3) is 0 Å². The van der Waals surface area contributed by atoms with Gasteiger partial charge in [0.1, 0.15) is 0 Å². The number of hydrogen-bond donors (Lipinski definition) is 2. The van der Waals surface area contributed by atoms with E-state index in [-0.39, 0.29) is 5.91 Å². The fourth-order valence-electron chi connectivity index (χ4n) is 1.46. The Morgan fingerprint density at radius 2 is 1.94 bits per heavy atom. The first-order valence-corrected chi connectivity index (χ1v) is 5.98. The third-order valence-electron chi connectivity index (χ3n) is 2.50. The van der Waals surface area contributed by atoms with Crippen molar-refractivity contribution in [2.24, 2.45) is 0 Å². The van der Waals surface area contributed by atoms with Crippen LogP contribution in [0.1, 0.15) is 30.1 Å². The summed E-state index contributed by atoms with van der Waals surface area (Å²) in [6, 6.07) is 5.05. The zero-order valence-electron chi connectivity index (χ0n) is 11.1. The lowest BCUT2D eigenvalue weighted by Crippen LogP contribution is -2.37. The van der Waals surface area contributed by atoms with Crippen LogP contribution in [0, 0.1) is 0 Å². The Morgan fingerprint density at radius 3 is 2.56 bits per heavy atom. The van der Waals surface area contributed by atoms with Crippen LogP contribution in [0.15, 0.2) is 18.2 Å². The number of carbonyl (C=O) groups excluding carboxylic acids is 1. The molecule has 0 spiro atoms. The lowest BCUT2D eigenvalue weighted by molar-refractivity contribution is 0.0932. The molecule has 0 aliphatic carbocycles. The van der Waals surface area contributed by atoms with Gasteiger partial charge in [-0.3, -0.25) is 10.2 Å². The van der Waals surface area contributed by atoms with Gasteiger partial charge >= 0.3 is 0 Å². The normalized spacial score (nSPS) is 9.94. The highest BCUT2D eigenvalue weighted by atomic mass is 16.5. The summed E-state index contributed by atoms with van der Waals surface area (Å²) in [6.45, 7) is 2.85. The van der Waals surface area contributed by atoms with Gasteiger partial charge in [0.2, 0.25) is 0 Å². The van der Waals surface area contributed by atoms with Crippen molar-refractivity contribution in [2.45, 2.75) is 19.8 Å². The summed E-state index contributed by atoms with van der Waals surface area (Å²) >= 11 is 0. The second-order valence-electron chi connectivity index (χ2n) is 3.80. The summed E-state index contributed by atoms with van der Waals surface area (Å²) < 4.78 is 10.3. The van der Waals surface area contributed by atoms with Gasteiger partial charge < -0.3 is 9.47 Å². The van der Waals surface area contributed by atoms with E-state index in [1.807, 2.05) is 0 Å². The van der Waals surface area contributed by atoms with Gasteiger partial charge in [0, 0.05) is 12.1 Å². The van der Waals surface area contributed by atoms with Crippen molar-refractivity contribution < 1.29 is 14.3 Å². The summed E-state index contributed by atoms with van der Waals surface area (Å²) in [5.74, 6) is 0.957. The molecule has 0 atom stereocenters. The average Bonchev–Trinajstić information content (AvgIpc) is 2.42. The highest BCUT2D eigenvalue weighted by molar-refractivity contribution is 5.94. The lowest BCUT2D eigenvalue weighted by atomic mass is 10.2. The Balaban J connectivity index is 2.62. The Labute approximate surface area is 107 Å². The summed E-state index contributed by atoms with van der Waals surface area (Å²) in [4.78, 5) is 11.8. The van der Waals surface area contributed by atoms with Crippen LogP contribution in [0.4, 0.5) is 0 Å². The van der Waals surface area contributed by atoms with E-state index in [4.69, 9.17) is 9.47 Å². The number of amides is 1. The topological polar surface area (TPSA) is 59.6 Å². The van der Waals surface area contributed by atoms with E-state index < -0.39 is 0 Å². The number of hydrazine groups is 1. The molecular weight excluding hydrogens is 232 g/mol.